The molecular formula is C39H70O5Si2. The summed E-state index contributed by atoms with van der Waals surface area (Å²) in [4.78, 5) is 13.1. The molecule has 0 spiro atoms. The van der Waals surface area contributed by atoms with Crippen molar-refractivity contribution in [3.63, 3.8) is 0 Å². The minimum absolute atomic E-state index is 0.0219. The van der Waals surface area contributed by atoms with Crippen LogP contribution >= 0.6 is 0 Å². The number of hydrogen-bond acceptors (Lipinski definition) is 5. The summed E-state index contributed by atoms with van der Waals surface area (Å²) in [5, 5.41) is 0.0369. The highest BCUT2D eigenvalue weighted by atomic mass is 28.4. The Morgan fingerprint density at radius 1 is 0.870 bits per heavy atom. The smallest absolute Gasteiger partial charge is 0.332 e. The second-order valence-corrected chi connectivity index (χ2v) is 29.4. The van der Waals surface area contributed by atoms with Gasteiger partial charge in [0.1, 0.15) is 12.2 Å². The van der Waals surface area contributed by atoms with Gasteiger partial charge in [-0.2, -0.15) is 0 Å². The lowest BCUT2D eigenvalue weighted by atomic mass is 9.49. The second kappa shape index (κ2) is 12.2. The normalized spacial score (nSPS) is 35.5. The van der Waals surface area contributed by atoms with Crippen LogP contribution in [0.25, 0.3) is 0 Å². The number of rotatable bonds is 8. The topological polar surface area (TPSA) is 54.0 Å². The molecule has 7 atom stereocenters. The van der Waals surface area contributed by atoms with Crippen LogP contribution in [0.2, 0.25) is 36.3 Å². The summed E-state index contributed by atoms with van der Waals surface area (Å²) in [6, 6.07) is 0. The average Bonchev–Trinajstić information content (AvgIpc) is 3.22. The predicted molar refractivity (Wildman–Crippen MR) is 196 cm³/mol. The minimum Gasteiger partial charge on any atom is -0.458 e. The maximum Gasteiger partial charge on any atom is 0.332 e. The molecule has 4 aliphatic rings. The summed E-state index contributed by atoms with van der Waals surface area (Å²) in [5.74, 6) is 0.604. The Morgan fingerprint density at radius 2 is 1.48 bits per heavy atom. The highest BCUT2D eigenvalue weighted by Gasteiger charge is 2.63. The molecule has 0 heterocycles. The second-order valence-electron chi connectivity index (χ2n) is 19.9. The van der Waals surface area contributed by atoms with E-state index in [4.69, 9.17) is 18.3 Å². The zero-order chi connectivity index (χ0) is 34.9. The highest BCUT2D eigenvalue weighted by Crippen LogP contribution is 2.67. The Hall–Kier alpha value is -0.736. The third kappa shape index (κ3) is 6.97. The molecule has 3 saturated carbocycles. The van der Waals surface area contributed by atoms with Gasteiger partial charge in [0.15, 0.2) is 22.4 Å². The third-order valence-corrected chi connectivity index (χ3v) is 22.7. The van der Waals surface area contributed by atoms with Crippen LogP contribution in [-0.4, -0.2) is 46.7 Å². The highest BCUT2D eigenvalue weighted by molar-refractivity contribution is 6.74. The molecule has 0 radical (unpaired) electrons. The van der Waals surface area contributed by atoms with Crippen molar-refractivity contribution >= 4 is 22.6 Å². The Bertz CT molecular complexity index is 1210. The van der Waals surface area contributed by atoms with Gasteiger partial charge < -0.3 is 18.3 Å². The largest absolute Gasteiger partial charge is 0.458 e. The van der Waals surface area contributed by atoms with Crippen molar-refractivity contribution in [2.24, 2.45) is 28.6 Å². The molecule has 0 N–H and O–H groups in total. The molecule has 0 amide bonds. The first-order valence-electron chi connectivity index (χ1n) is 18.4. The number of carbonyl (C=O) groups is 1. The van der Waals surface area contributed by atoms with Crippen molar-refractivity contribution in [1.29, 1.82) is 0 Å². The Morgan fingerprint density at radius 3 is 2.02 bits per heavy atom. The van der Waals surface area contributed by atoms with E-state index in [0.29, 0.717) is 30.1 Å². The van der Waals surface area contributed by atoms with Gasteiger partial charge in [-0.1, -0.05) is 92.0 Å². The summed E-state index contributed by atoms with van der Waals surface area (Å²) < 4.78 is 27.5. The van der Waals surface area contributed by atoms with Gasteiger partial charge in [-0.25, -0.2) is 4.79 Å². The fraction of sp³-hybridized carbons (Fsp3) is 0.872. The van der Waals surface area contributed by atoms with E-state index in [1.807, 2.05) is 20.8 Å². The van der Waals surface area contributed by atoms with Crippen LogP contribution in [0, 0.1) is 28.6 Å². The van der Waals surface area contributed by atoms with E-state index in [-0.39, 0.29) is 34.2 Å². The molecule has 0 bridgehead atoms. The molecule has 0 aromatic rings. The summed E-state index contributed by atoms with van der Waals surface area (Å²) in [7, 11) is -4.53. The molecular weight excluding hydrogens is 605 g/mol. The van der Waals surface area contributed by atoms with E-state index >= 15 is 0 Å². The lowest BCUT2D eigenvalue weighted by Crippen LogP contribution is -2.63. The first-order chi connectivity index (χ1) is 20.7. The van der Waals surface area contributed by atoms with Crippen molar-refractivity contribution in [3.05, 3.63) is 23.3 Å². The molecule has 0 aromatic carbocycles. The van der Waals surface area contributed by atoms with Gasteiger partial charge in [0.25, 0.3) is 0 Å². The summed E-state index contributed by atoms with van der Waals surface area (Å²) >= 11 is 0. The number of hydrogen-bond donors (Lipinski definition) is 0. The molecule has 3 fully saturated rings. The molecule has 46 heavy (non-hydrogen) atoms. The quantitative estimate of drug-likeness (QED) is 0.146. The molecule has 1 unspecified atom stereocenters. The average molecular weight is 675 g/mol. The van der Waals surface area contributed by atoms with Crippen LogP contribution in [-0.2, 0) is 23.1 Å². The third-order valence-electron chi connectivity index (χ3n) is 13.7. The lowest BCUT2D eigenvalue weighted by Gasteiger charge is -2.61. The molecule has 264 valence electrons. The monoisotopic (exact) mass is 674 g/mol. The van der Waals surface area contributed by atoms with E-state index < -0.39 is 28.0 Å². The molecule has 0 saturated heterocycles. The predicted octanol–water partition coefficient (Wildman–Crippen LogP) is 11.0. The van der Waals surface area contributed by atoms with Crippen LogP contribution in [0.4, 0.5) is 0 Å². The first kappa shape index (κ1) is 38.1. The van der Waals surface area contributed by atoms with Crippen LogP contribution in [0.5, 0.6) is 0 Å². The number of allylic oxidation sites excluding steroid dienone is 3. The van der Waals surface area contributed by atoms with Crippen LogP contribution in [0.1, 0.15) is 128 Å². The molecule has 0 aliphatic heterocycles. The van der Waals surface area contributed by atoms with E-state index in [2.05, 4.69) is 101 Å². The van der Waals surface area contributed by atoms with Gasteiger partial charge in [-0.3, -0.25) is 0 Å². The Labute approximate surface area is 285 Å². The fourth-order valence-corrected chi connectivity index (χ4v) is 11.7. The van der Waals surface area contributed by atoms with E-state index in [9.17, 15) is 4.79 Å². The van der Waals surface area contributed by atoms with Crippen molar-refractivity contribution < 1.29 is 23.1 Å². The van der Waals surface area contributed by atoms with E-state index in [1.54, 1.807) is 5.57 Å². The van der Waals surface area contributed by atoms with Gasteiger partial charge in [0, 0.05) is 18.3 Å². The van der Waals surface area contributed by atoms with Crippen LogP contribution in [0.3, 0.4) is 0 Å². The minimum atomic E-state index is -2.33. The van der Waals surface area contributed by atoms with E-state index in [0.717, 1.165) is 5.92 Å². The molecule has 4 rings (SSSR count). The van der Waals surface area contributed by atoms with Gasteiger partial charge in [-0.05, 0) is 106 Å². The maximum absolute atomic E-state index is 13.1. The molecule has 5 nitrogen and oxygen atoms in total. The maximum atomic E-state index is 13.1. The van der Waals surface area contributed by atoms with Gasteiger partial charge in [0.05, 0.1) is 6.10 Å². The van der Waals surface area contributed by atoms with Crippen molar-refractivity contribution in [2.45, 2.75) is 182 Å². The molecule has 0 aromatic heterocycles. The van der Waals surface area contributed by atoms with Crippen molar-refractivity contribution in [1.82, 2.24) is 0 Å². The van der Waals surface area contributed by atoms with Crippen LogP contribution < -0.4 is 0 Å². The standard InChI is InChI=1S/C39H70O5Si2/c1-17-27-19-21-30-29-20-18-28-24-39(44-46(15,16)36(8,9)10,41-26-33(40)42-34(2,3)4)25-32(43-45(13,14)35(5,6)7)38(28,12)31(29)22-23-37(27,30)11/h18,20,27,30-32H,17,19,21-26H2,1-16H3/t27-,30?,31-,32-,37+,38-,39+/m0/s1. The number of carbonyl (C=O) groups excluding carboxylic acids is 1. The number of fused-ring (bicyclic) bond motifs is 5. The number of ether oxygens (including phenoxy) is 2. The number of esters is 1. The lowest BCUT2D eigenvalue weighted by molar-refractivity contribution is -0.236. The van der Waals surface area contributed by atoms with Crippen LogP contribution in [0.15, 0.2) is 23.3 Å². The zero-order valence-electron chi connectivity index (χ0n) is 32.7. The Balaban J connectivity index is 1.84. The fourth-order valence-electron chi connectivity index (χ4n) is 8.88. The summed E-state index contributed by atoms with van der Waals surface area (Å²) in [6.45, 7) is 36.2. The van der Waals surface area contributed by atoms with E-state index in [1.165, 1.54) is 37.7 Å². The molecule has 7 heteroatoms. The van der Waals surface area contributed by atoms with Gasteiger partial charge >= 0.3 is 5.97 Å². The molecule has 4 aliphatic carbocycles. The summed E-state index contributed by atoms with van der Waals surface area (Å²) in [6.07, 6.45) is 12.5. The summed E-state index contributed by atoms with van der Waals surface area (Å²) in [5.41, 5.74) is 2.71. The van der Waals surface area contributed by atoms with Gasteiger partial charge in [0.2, 0.25) is 0 Å². The Kier molecular flexibility index (Phi) is 10.1. The first-order valence-corrected chi connectivity index (χ1v) is 24.2. The van der Waals surface area contributed by atoms with Crippen molar-refractivity contribution in [3.8, 4) is 0 Å². The van der Waals surface area contributed by atoms with Crippen molar-refractivity contribution in [2.75, 3.05) is 6.61 Å². The SMILES string of the molecule is CC[C@H]1CCC2C3=CC=C4C[C@@](OCC(=O)OC(C)(C)C)(O[Si](C)(C)C(C)(C)C)C[C@H](O[Si](C)(C)C(C)(C)C)[C@]4(C)[C@H]3CC[C@@]21C. The zero-order valence-corrected chi connectivity index (χ0v) is 34.7. The van der Waals surface area contributed by atoms with Gasteiger partial charge in [-0.15, -0.1) is 0 Å².